The molecule has 0 unspecified atom stereocenters. The molecule has 0 aromatic carbocycles. The van der Waals surface area contributed by atoms with Crippen molar-refractivity contribution in [1.82, 2.24) is 9.97 Å². The Morgan fingerprint density at radius 3 is 3.00 bits per heavy atom. The van der Waals surface area contributed by atoms with Gasteiger partial charge in [-0.1, -0.05) is 6.92 Å². The lowest BCUT2D eigenvalue weighted by Crippen LogP contribution is -2.18. The summed E-state index contributed by atoms with van der Waals surface area (Å²) in [7, 11) is 1.99. The summed E-state index contributed by atoms with van der Waals surface area (Å²) in [5.74, 6) is 0.0479. The summed E-state index contributed by atoms with van der Waals surface area (Å²) in [6.07, 6.45) is 4.57. The molecule has 5 heteroatoms. The van der Waals surface area contributed by atoms with Crippen molar-refractivity contribution in [2.24, 2.45) is 0 Å². The van der Waals surface area contributed by atoms with Gasteiger partial charge in [0.05, 0.1) is 18.1 Å². The van der Waals surface area contributed by atoms with Crippen molar-refractivity contribution in [2.45, 2.75) is 19.8 Å². The van der Waals surface area contributed by atoms with Crippen LogP contribution >= 0.6 is 0 Å². The van der Waals surface area contributed by atoms with Crippen LogP contribution in [-0.2, 0) is 11.2 Å². The molecule has 96 valence electrons. The van der Waals surface area contributed by atoms with Gasteiger partial charge in [-0.05, 0) is 18.1 Å². The summed E-state index contributed by atoms with van der Waals surface area (Å²) < 4.78 is 0. The lowest BCUT2D eigenvalue weighted by molar-refractivity contribution is -0.136. The van der Waals surface area contributed by atoms with Crippen LogP contribution in [0.5, 0.6) is 0 Å². The third-order valence-corrected chi connectivity index (χ3v) is 2.93. The highest BCUT2D eigenvalue weighted by Crippen LogP contribution is 2.22. The Bertz CT molecular complexity index is 562. The number of H-pyrrole nitrogens is 1. The fraction of sp³-hybridized carbons (Fsp3) is 0.385. The van der Waals surface area contributed by atoms with E-state index < -0.39 is 5.97 Å². The smallest absolute Gasteiger partial charge is 0.307 e. The van der Waals surface area contributed by atoms with Crippen LogP contribution in [0.3, 0.4) is 0 Å². The predicted molar refractivity (Wildman–Crippen MR) is 71.0 cm³/mol. The summed E-state index contributed by atoms with van der Waals surface area (Å²) in [4.78, 5) is 20.3. The van der Waals surface area contributed by atoms with E-state index in [1.165, 1.54) is 0 Å². The van der Waals surface area contributed by atoms with E-state index in [9.17, 15) is 4.79 Å². The van der Waals surface area contributed by atoms with Crippen LogP contribution in [0.4, 0.5) is 5.82 Å². The average molecular weight is 247 g/mol. The van der Waals surface area contributed by atoms with Crippen molar-refractivity contribution in [2.75, 3.05) is 18.5 Å². The molecule has 0 radical (unpaired) electrons. The van der Waals surface area contributed by atoms with E-state index in [4.69, 9.17) is 5.11 Å². The number of nitrogens with one attached hydrogen (secondary N) is 1. The van der Waals surface area contributed by atoms with Gasteiger partial charge in [0, 0.05) is 25.2 Å². The van der Waals surface area contributed by atoms with Crippen molar-refractivity contribution in [3.63, 3.8) is 0 Å². The van der Waals surface area contributed by atoms with E-state index in [0.717, 1.165) is 35.2 Å². The molecular formula is C13H17N3O2. The lowest BCUT2D eigenvalue weighted by Gasteiger charge is -2.16. The fourth-order valence-corrected chi connectivity index (χ4v) is 2.04. The number of aliphatic carboxylic acids is 1. The van der Waals surface area contributed by atoms with E-state index in [-0.39, 0.29) is 6.42 Å². The molecule has 0 atom stereocenters. The minimum absolute atomic E-state index is 0.0287. The van der Waals surface area contributed by atoms with Gasteiger partial charge in [0.15, 0.2) is 0 Å². The SMILES string of the molecule is CCCN(C)c1cc2c(CC(=O)O)c[nH]c2cn1. The van der Waals surface area contributed by atoms with Crippen molar-refractivity contribution in [3.05, 3.63) is 24.0 Å². The molecule has 18 heavy (non-hydrogen) atoms. The Hall–Kier alpha value is -2.04. The van der Waals surface area contributed by atoms with Crippen LogP contribution in [0.15, 0.2) is 18.5 Å². The standard InChI is InChI=1S/C13H17N3O2/c1-3-4-16(2)12-6-10-9(5-13(17)18)7-14-11(10)8-15-12/h6-8,14H,3-5H2,1-2H3,(H,17,18). The second-order valence-electron chi connectivity index (χ2n) is 4.39. The zero-order valence-electron chi connectivity index (χ0n) is 10.6. The Kier molecular flexibility index (Phi) is 3.50. The van der Waals surface area contributed by atoms with Gasteiger partial charge in [0.25, 0.3) is 0 Å². The number of hydrogen-bond acceptors (Lipinski definition) is 3. The van der Waals surface area contributed by atoms with Crippen molar-refractivity contribution in [3.8, 4) is 0 Å². The lowest BCUT2D eigenvalue weighted by atomic mass is 10.1. The van der Waals surface area contributed by atoms with Crippen LogP contribution in [0.1, 0.15) is 18.9 Å². The van der Waals surface area contributed by atoms with Crippen LogP contribution in [0.2, 0.25) is 0 Å². The van der Waals surface area contributed by atoms with Crippen LogP contribution in [0, 0.1) is 0 Å². The first-order valence-electron chi connectivity index (χ1n) is 6.00. The molecule has 0 aliphatic rings. The molecule has 0 fully saturated rings. The van der Waals surface area contributed by atoms with Gasteiger partial charge < -0.3 is 15.0 Å². The Balaban J connectivity index is 2.38. The second kappa shape index (κ2) is 5.08. The first-order chi connectivity index (χ1) is 8.61. The molecule has 5 nitrogen and oxygen atoms in total. The minimum Gasteiger partial charge on any atom is -0.481 e. The number of carboxylic acids is 1. The van der Waals surface area contributed by atoms with E-state index >= 15 is 0 Å². The number of rotatable bonds is 5. The molecule has 0 amide bonds. The molecule has 2 aromatic heterocycles. The average Bonchev–Trinajstić information content (AvgIpc) is 2.71. The molecule has 2 aromatic rings. The van der Waals surface area contributed by atoms with Crippen LogP contribution in [-0.4, -0.2) is 34.6 Å². The summed E-state index contributed by atoms with van der Waals surface area (Å²) in [5, 5.41) is 9.80. The van der Waals surface area contributed by atoms with E-state index in [1.54, 1.807) is 12.4 Å². The first-order valence-corrected chi connectivity index (χ1v) is 6.00. The number of anilines is 1. The summed E-state index contributed by atoms with van der Waals surface area (Å²) in [5.41, 5.74) is 1.67. The third kappa shape index (κ3) is 2.45. The highest BCUT2D eigenvalue weighted by atomic mass is 16.4. The normalized spacial score (nSPS) is 10.8. The minimum atomic E-state index is -0.823. The number of carbonyl (C=O) groups is 1. The highest BCUT2D eigenvalue weighted by molar-refractivity contribution is 5.88. The Labute approximate surface area is 105 Å². The topological polar surface area (TPSA) is 69.2 Å². The number of pyridine rings is 1. The second-order valence-corrected chi connectivity index (χ2v) is 4.39. The zero-order valence-corrected chi connectivity index (χ0v) is 10.6. The Morgan fingerprint density at radius 1 is 1.56 bits per heavy atom. The predicted octanol–water partition coefficient (Wildman–Crippen LogP) is 2.04. The van der Waals surface area contributed by atoms with Crippen LogP contribution < -0.4 is 4.90 Å². The van der Waals surface area contributed by atoms with E-state index in [2.05, 4.69) is 21.8 Å². The summed E-state index contributed by atoms with van der Waals surface area (Å²) in [6, 6.07) is 1.94. The zero-order chi connectivity index (χ0) is 13.1. The number of fused-ring (bicyclic) bond motifs is 1. The van der Waals surface area contributed by atoms with Gasteiger partial charge in [-0.2, -0.15) is 0 Å². The molecule has 0 saturated heterocycles. The molecule has 0 saturated carbocycles. The molecule has 2 N–H and O–H groups in total. The van der Waals surface area contributed by atoms with Gasteiger partial charge in [-0.3, -0.25) is 4.79 Å². The fourth-order valence-electron chi connectivity index (χ4n) is 2.04. The highest BCUT2D eigenvalue weighted by Gasteiger charge is 2.10. The molecule has 0 bridgehead atoms. The maximum Gasteiger partial charge on any atom is 0.307 e. The van der Waals surface area contributed by atoms with Gasteiger partial charge in [0.2, 0.25) is 0 Å². The van der Waals surface area contributed by atoms with Crippen molar-refractivity contribution >= 4 is 22.7 Å². The van der Waals surface area contributed by atoms with Crippen molar-refractivity contribution < 1.29 is 9.90 Å². The molecule has 0 aliphatic carbocycles. The van der Waals surface area contributed by atoms with Gasteiger partial charge in [-0.25, -0.2) is 4.98 Å². The number of hydrogen-bond donors (Lipinski definition) is 2. The van der Waals surface area contributed by atoms with Gasteiger partial charge in [-0.15, -0.1) is 0 Å². The third-order valence-electron chi connectivity index (χ3n) is 2.93. The largest absolute Gasteiger partial charge is 0.481 e. The maximum absolute atomic E-state index is 10.8. The monoisotopic (exact) mass is 247 g/mol. The number of carboxylic acid groups (broad SMARTS) is 1. The number of nitrogens with zero attached hydrogens (tertiary/aromatic N) is 2. The quantitative estimate of drug-likeness (QED) is 0.848. The van der Waals surface area contributed by atoms with Crippen LogP contribution in [0.25, 0.3) is 10.9 Å². The van der Waals surface area contributed by atoms with E-state index in [0.29, 0.717) is 0 Å². The summed E-state index contributed by atoms with van der Waals surface area (Å²) in [6.45, 7) is 3.04. The number of aromatic amines is 1. The molecule has 0 spiro atoms. The first kappa shape index (κ1) is 12.4. The van der Waals surface area contributed by atoms with Gasteiger partial charge in [0.1, 0.15) is 5.82 Å². The molecule has 2 rings (SSSR count). The van der Waals surface area contributed by atoms with Crippen molar-refractivity contribution in [1.29, 1.82) is 0 Å². The molecular weight excluding hydrogens is 230 g/mol. The summed E-state index contributed by atoms with van der Waals surface area (Å²) >= 11 is 0. The maximum atomic E-state index is 10.8. The molecule has 0 aliphatic heterocycles. The van der Waals surface area contributed by atoms with Gasteiger partial charge >= 0.3 is 5.97 Å². The Morgan fingerprint density at radius 2 is 2.33 bits per heavy atom. The molecule has 2 heterocycles. The van der Waals surface area contributed by atoms with E-state index in [1.807, 2.05) is 13.1 Å². The number of aromatic nitrogens is 2.